The Morgan fingerprint density at radius 1 is 1.16 bits per heavy atom. The Labute approximate surface area is 181 Å². The summed E-state index contributed by atoms with van der Waals surface area (Å²) in [5, 5.41) is 14.4. The van der Waals surface area contributed by atoms with E-state index in [9.17, 15) is 14.9 Å². The molecule has 1 saturated heterocycles. The van der Waals surface area contributed by atoms with Crippen LogP contribution in [0.4, 0.5) is 11.4 Å². The van der Waals surface area contributed by atoms with E-state index in [2.05, 4.69) is 10.3 Å². The highest BCUT2D eigenvalue weighted by atomic mass is 32.2. The van der Waals surface area contributed by atoms with E-state index in [1.807, 2.05) is 25.1 Å². The Morgan fingerprint density at radius 2 is 1.94 bits per heavy atom. The van der Waals surface area contributed by atoms with Crippen LogP contribution in [0, 0.1) is 10.1 Å². The molecule has 1 fully saturated rings. The molecule has 0 bridgehead atoms. The van der Waals surface area contributed by atoms with Crippen molar-refractivity contribution in [1.82, 2.24) is 5.32 Å². The Morgan fingerprint density at radius 3 is 2.74 bits per heavy atom. The van der Waals surface area contributed by atoms with E-state index in [1.54, 1.807) is 42.5 Å². The van der Waals surface area contributed by atoms with Crippen LogP contribution < -0.4 is 10.1 Å². The van der Waals surface area contributed by atoms with Gasteiger partial charge in [-0.1, -0.05) is 24.3 Å². The van der Waals surface area contributed by atoms with Gasteiger partial charge in [0.05, 0.1) is 22.0 Å². The number of hydrogen-bond donors (Lipinski definition) is 1. The fraction of sp³-hybridized carbons (Fsp3) is 0.0909. The number of rotatable bonds is 6. The van der Waals surface area contributed by atoms with E-state index in [1.165, 1.54) is 17.8 Å². The van der Waals surface area contributed by atoms with Crippen molar-refractivity contribution < 1.29 is 18.9 Å². The zero-order valence-electron chi connectivity index (χ0n) is 16.4. The molecule has 4 rings (SSSR count). The van der Waals surface area contributed by atoms with Crippen molar-refractivity contribution in [1.29, 1.82) is 0 Å². The van der Waals surface area contributed by atoms with Gasteiger partial charge in [-0.3, -0.25) is 14.9 Å². The fourth-order valence-corrected chi connectivity index (χ4v) is 3.78. The van der Waals surface area contributed by atoms with E-state index >= 15 is 0 Å². The molecule has 0 radical (unpaired) electrons. The first kappa shape index (κ1) is 20.4. The number of amides is 1. The predicted molar refractivity (Wildman–Crippen MR) is 119 cm³/mol. The second-order valence-corrected chi connectivity index (χ2v) is 7.39. The topological polar surface area (TPSA) is 107 Å². The second kappa shape index (κ2) is 8.88. The summed E-state index contributed by atoms with van der Waals surface area (Å²) in [6.45, 7) is 2.39. The third-order valence-corrected chi connectivity index (χ3v) is 5.21. The van der Waals surface area contributed by atoms with Crippen LogP contribution in [0.3, 0.4) is 0 Å². The number of nitro benzene ring substituents is 1. The maximum Gasteiger partial charge on any atom is 0.280 e. The molecule has 1 aliphatic heterocycles. The molecule has 1 N–H and O–H groups in total. The predicted octanol–water partition coefficient (Wildman–Crippen LogP) is 5.15. The smallest absolute Gasteiger partial charge is 0.280 e. The average Bonchev–Trinajstić information content (AvgIpc) is 3.36. The number of carbonyl (C=O) groups is 1. The number of aliphatic imine (C=N–C) groups is 1. The van der Waals surface area contributed by atoms with Crippen LogP contribution in [0.1, 0.15) is 12.7 Å². The highest BCUT2D eigenvalue weighted by Gasteiger charge is 2.25. The van der Waals surface area contributed by atoms with E-state index in [4.69, 9.17) is 9.15 Å². The molecule has 0 spiro atoms. The number of nitrogens with one attached hydrogen (secondary N) is 1. The zero-order chi connectivity index (χ0) is 21.8. The fourth-order valence-electron chi connectivity index (χ4n) is 2.96. The van der Waals surface area contributed by atoms with Crippen molar-refractivity contribution in [3.63, 3.8) is 0 Å². The van der Waals surface area contributed by atoms with Gasteiger partial charge in [0, 0.05) is 12.1 Å². The lowest BCUT2D eigenvalue weighted by atomic mass is 10.1. The van der Waals surface area contributed by atoms with Crippen LogP contribution in [0.2, 0.25) is 0 Å². The van der Waals surface area contributed by atoms with E-state index in [0.717, 1.165) is 0 Å². The first-order valence-corrected chi connectivity index (χ1v) is 10.2. The number of carbonyl (C=O) groups excluding carboxylic acids is 1. The summed E-state index contributed by atoms with van der Waals surface area (Å²) >= 11 is 1.18. The molecule has 9 heteroatoms. The molecule has 0 unspecified atom stereocenters. The van der Waals surface area contributed by atoms with Gasteiger partial charge in [0.2, 0.25) is 0 Å². The standard InChI is InChI=1S/C22H17N3O5S/c1-2-29-19-10-6-4-8-16(19)23-22-24-21(26)20(31-22)13-14-11-12-18(30-14)15-7-3-5-9-17(15)25(27)28/h3-13H,2H2,1H3,(H,23,24,26). The Bertz CT molecular complexity index is 1220. The number of para-hydroxylation sites is 3. The summed E-state index contributed by atoms with van der Waals surface area (Å²) in [7, 11) is 0. The lowest BCUT2D eigenvalue weighted by Gasteiger charge is -2.06. The van der Waals surface area contributed by atoms with Crippen molar-refractivity contribution in [2.75, 3.05) is 6.61 Å². The van der Waals surface area contributed by atoms with Crippen molar-refractivity contribution in [3.05, 3.63) is 81.4 Å². The third kappa shape index (κ3) is 4.51. The number of hydrogen-bond acceptors (Lipinski definition) is 7. The van der Waals surface area contributed by atoms with Gasteiger partial charge in [-0.05, 0) is 49.0 Å². The summed E-state index contributed by atoms with van der Waals surface area (Å²) in [5.74, 6) is 1.08. The third-order valence-electron chi connectivity index (χ3n) is 4.30. The molecule has 1 aliphatic rings. The number of benzene rings is 2. The first-order chi connectivity index (χ1) is 15.0. The maximum absolute atomic E-state index is 12.4. The monoisotopic (exact) mass is 435 g/mol. The summed E-state index contributed by atoms with van der Waals surface area (Å²) in [4.78, 5) is 28.0. The Kier molecular flexibility index (Phi) is 5.85. The lowest BCUT2D eigenvalue weighted by Crippen LogP contribution is -2.19. The van der Waals surface area contributed by atoms with Crippen LogP contribution in [0.15, 0.2) is 75.0 Å². The van der Waals surface area contributed by atoms with Gasteiger partial charge in [0.15, 0.2) is 5.17 Å². The van der Waals surface area contributed by atoms with Gasteiger partial charge in [-0.25, -0.2) is 4.99 Å². The molecule has 1 amide bonds. The maximum atomic E-state index is 12.4. The minimum atomic E-state index is -0.459. The highest BCUT2D eigenvalue weighted by molar-refractivity contribution is 8.18. The highest BCUT2D eigenvalue weighted by Crippen LogP contribution is 2.34. The quantitative estimate of drug-likeness (QED) is 0.326. The normalized spacial score (nSPS) is 16.0. The van der Waals surface area contributed by atoms with Gasteiger partial charge in [-0.2, -0.15) is 0 Å². The summed E-state index contributed by atoms with van der Waals surface area (Å²) in [6, 6.07) is 16.9. The van der Waals surface area contributed by atoms with Crippen LogP contribution in [-0.4, -0.2) is 22.6 Å². The molecule has 0 aliphatic carbocycles. The molecular formula is C22H17N3O5S. The Hall–Kier alpha value is -3.85. The van der Waals surface area contributed by atoms with Gasteiger partial charge < -0.3 is 14.5 Å². The SMILES string of the molecule is CCOc1ccccc1N=C1NC(=O)C(=Cc2ccc(-c3ccccc3[N+](=O)[O-])o2)S1. The average molecular weight is 435 g/mol. The van der Waals surface area contributed by atoms with E-state index < -0.39 is 4.92 Å². The van der Waals surface area contributed by atoms with Crippen molar-refractivity contribution in [3.8, 4) is 17.1 Å². The molecule has 8 nitrogen and oxygen atoms in total. The number of furan rings is 1. The molecule has 2 heterocycles. The molecule has 2 aromatic carbocycles. The first-order valence-electron chi connectivity index (χ1n) is 9.40. The lowest BCUT2D eigenvalue weighted by molar-refractivity contribution is -0.384. The molecular weight excluding hydrogens is 418 g/mol. The van der Waals surface area contributed by atoms with Crippen LogP contribution in [-0.2, 0) is 4.79 Å². The number of thioether (sulfide) groups is 1. The van der Waals surface area contributed by atoms with Crippen LogP contribution in [0.25, 0.3) is 17.4 Å². The number of nitrogens with zero attached hydrogens (tertiary/aromatic N) is 2. The van der Waals surface area contributed by atoms with Crippen LogP contribution >= 0.6 is 11.8 Å². The number of amidine groups is 1. The molecule has 156 valence electrons. The van der Waals surface area contributed by atoms with Gasteiger partial charge in [0.1, 0.15) is 23.0 Å². The molecule has 1 aromatic heterocycles. The summed E-state index contributed by atoms with van der Waals surface area (Å²) in [6.07, 6.45) is 1.58. The molecule has 31 heavy (non-hydrogen) atoms. The van der Waals surface area contributed by atoms with Gasteiger partial charge in [-0.15, -0.1) is 0 Å². The van der Waals surface area contributed by atoms with Crippen molar-refractivity contribution in [2.45, 2.75) is 6.92 Å². The number of nitro groups is 1. The van der Waals surface area contributed by atoms with Crippen LogP contribution in [0.5, 0.6) is 5.75 Å². The second-order valence-electron chi connectivity index (χ2n) is 6.36. The number of ether oxygens (including phenoxy) is 1. The van der Waals surface area contributed by atoms with Crippen molar-refractivity contribution in [2.24, 2.45) is 4.99 Å². The Balaban J connectivity index is 1.58. The van der Waals surface area contributed by atoms with E-state index in [0.29, 0.717) is 45.2 Å². The minimum Gasteiger partial charge on any atom is -0.492 e. The summed E-state index contributed by atoms with van der Waals surface area (Å²) < 4.78 is 11.3. The zero-order valence-corrected chi connectivity index (χ0v) is 17.2. The van der Waals surface area contributed by atoms with E-state index in [-0.39, 0.29) is 11.6 Å². The minimum absolute atomic E-state index is 0.0496. The van der Waals surface area contributed by atoms with Gasteiger partial charge >= 0.3 is 0 Å². The summed E-state index contributed by atoms with van der Waals surface area (Å²) in [5.41, 5.74) is 0.937. The van der Waals surface area contributed by atoms with Gasteiger partial charge in [0.25, 0.3) is 11.6 Å². The van der Waals surface area contributed by atoms with Crippen molar-refractivity contribution >= 4 is 40.3 Å². The molecule has 0 atom stereocenters. The molecule has 0 saturated carbocycles. The molecule has 3 aromatic rings. The largest absolute Gasteiger partial charge is 0.492 e.